The van der Waals surface area contributed by atoms with Gasteiger partial charge in [0.25, 0.3) is 0 Å². The summed E-state index contributed by atoms with van der Waals surface area (Å²) in [5, 5.41) is 5.31. The number of hydrogen-bond donors (Lipinski definition) is 2. The van der Waals surface area contributed by atoms with Crippen LogP contribution in [0.1, 0.15) is 38.5 Å². The van der Waals surface area contributed by atoms with Crippen molar-refractivity contribution in [1.82, 2.24) is 15.5 Å². The number of rotatable bonds is 4. The van der Waals surface area contributed by atoms with Gasteiger partial charge >= 0.3 is 6.03 Å². The van der Waals surface area contributed by atoms with Crippen LogP contribution >= 0.6 is 0 Å². The average molecular weight is 325 g/mol. The first kappa shape index (κ1) is 16.7. The second-order valence-electron chi connectivity index (χ2n) is 6.73. The lowest BCUT2D eigenvalue weighted by Gasteiger charge is -2.33. The average Bonchev–Trinajstić information content (AvgIpc) is 3.20. The second kappa shape index (κ2) is 8.08. The summed E-state index contributed by atoms with van der Waals surface area (Å²) in [4.78, 5) is 25.8. The van der Waals surface area contributed by atoms with Gasteiger partial charge in [0.15, 0.2) is 6.29 Å². The van der Waals surface area contributed by atoms with Crippen molar-refractivity contribution >= 4 is 11.9 Å². The molecule has 1 aliphatic carbocycles. The maximum absolute atomic E-state index is 12.0. The largest absolute Gasteiger partial charge is 0.350 e. The third-order valence-electron chi connectivity index (χ3n) is 4.98. The van der Waals surface area contributed by atoms with Crippen molar-refractivity contribution in [2.45, 2.75) is 50.9 Å². The molecule has 0 radical (unpaired) electrons. The SMILES string of the molecule is O=C(CN1CCC(C2OCCO2)CC1)NC(=O)NC1CCCC1. The molecule has 2 aliphatic heterocycles. The molecule has 0 unspecified atom stereocenters. The predicted octanol–water partition coefficient (Wildman–Crippen LogP) is 0.840. The van der Waals surface area contributed by atoms with Gasteiger partial charge in [-0.05, 0) is 38.8 Å². The number of nitrogens with one attached hydrogen (secondary N) is 2. The summed E-state index contributed by atoms with van der Waals surface area (Å²) < 4.78 is 11.1. The third kappa shape index (κ3) is 4.89. The summed E-state index contributed by atoms with van der Waals surface area (Å²) in [7, 11) is 0. The van der Waals surface area contributed by atoms with E-state index in [9.17, 15) is 9.59 Å². The Labute approximate surface area is 137 Å². The maximum Gasteiger partial charge on any atom is 0.321 e. The highest BCUT2D eigenvalue weighted by Gasteiger charge is 2.31. The predicted molar refractivity (Wildman–Crippen MR) is 83.8 cm³/mol. The van der Waals surface area contributed by atoms with Crippen LogP contribution < -0.4 is 10.6 Å². The topological polar surface area (TPSA) is 79.9 Å². The Bertz CT molecular complexity index is 412. The van der Waals surface area contributed by atoms with Crippen molar-refractivity contribution < 1.29 is 19.1 Å². The number of amides is 3. The van der Waals surface area contributed by atoms with Gasteiger partial charge in [-0.3, -0.25) is 15.0 Å². The van der Waals surface area contributed by atoms with Crippen LogP contribution in [-0.4, -0.2) is 62.0 Å². The molecule has 0 bridgehead atoms. The van der Waals surface area contributed by atoms with Crippen LogP contribution in [0.15, 0.2) is 0 Å². The van der Waals surface area contributed by atoms with Crippen molar-refractivity contribution in [1.29, 1.82) is 0 Å². The van der Waals surface area contributed by atoms with Crippen LogP contribution in [0.3, 0.4) is 0 Å². The smallest absolute Gasteiger partial charge is 0.321 e. The number of imide groups is 1. The summed E-state index contributed by atoms with van der Waals surface area (Å²) in [5.41, 5.74) is 0. The van der Waals surface area contributed by atoms with E-state index in [1.165, 1.54) is 0 Å². The summed E-state index contributed by atoms with van der Waals surface area (Å²) in [5.74, 6) is 0.190. The zero-order valence-electron chi connectivity index (χ0n) is 13.6. The molecule has 0 aromatic carbocycles. The van der Waals surface area contributed by atoms with Crippen LogP contribution in [0.5, 0.6) is 0 Å². The van der Waals surface area contributed by atoms with E-state index in [1.807, 2.05) is 0 Å². The summed E-state index contributed by atoms with van der Waals surface area (Å²) in [6.45, 7) is 3.32. The standard InChI is InChI=1S/C16H27N3O4/c20-14(18-16(21)17-13-3-1-2-4-13)11-19-7-5-12(6-8-19)15-22-9-10-23-15/h12-13,15H,1-11H2,(H2,17,18,20,21). The van der Waals surface area contributed by atoms with Gasteiger partial charge in [0.05, 0.1) is 19.8 Å². The van der Waals surface area contributed by atoms with E-state index in [-0.39, 0.29) is 30.8 Å². The lowest BCUT2D eigenvalue weighted by atomic mass is 9.96. The Hall–Kier alpha value is -1.18. The van der Waals surface area contributed by atoms with E-state index in [0.717, 1.165) is 51.6 Å². The van der Waals surface area contributed by atoms with Gasteiger partial charge in [0.2, 0.25) is 5.91 Å². The molecule has 23 heavy (non-hydrogen) atoms. The molecule has 7 nitrogen and oxygen atoms in total. The first-order valence-corrected chi connectivity index (χ1v) is 8.76. The minimum atomic E-state index is -0.357. The Balaban J connectivity index is 1.33. The molecule has 7 heteroatoms. The fourth-order valence-electron chi connectivity index (χ4n) is 3.69. The van der Waals surface area contributed by atoms with E-state index < -0.39 is 0 Å². The molecule has 3 aliphatic rings. The highest BCUT2D eigenvalue weighted by Crippen LogP contribution is 2.25. The Kier molecular flexibility index (Phi) is 5.85. The van der Waals surface area contributed by atoms with Crippen molar-refractivity contribution in [3.63, 3.8) is 0 Å². The van der Waals surface area contributed by atoms with Gasteiger partial charge in [-0.25, -0.2) is 4.79 Å². The molecule has 130 valence electrons. The molecule has 0 aromatic rings. The van der Waals surface area contributed by atoms with Crippen LogP contribution in [0.25, 0.3) is 0 Å². The molecule has 1 saturated carbocycles. The number of ether oxygens (including phenoxy) is 2. The fraction of sp³-hybridized carbons (Fsp3) is 0.875. The molecular weight excluding hydrogens is 298 g/mol. The molecule has 3 fully saturated rings. The van der Waals surface area contributed by atoms with Gasteiger partial charge in [0, 0.05) is 12.0 Å². The highest BCUT2D eigenvalue weighted by atomic mass is 16.7. The van der Waals surface area contributed by atoms with Gasteiger partial charge in [0.1, 0.15) is 0 Å². The zero-order valence-corrected chi connectivity index (χ0v) is 13.6. The Morgan fingerprint density at radius 1 is 1.00 bits per heavy atom. The molecule has 2 saturated heterocycles. The fourth-order valence-corrected chi connectivity index (χ4v) is 3.69. The number of piperidine rings is 1. The second-order valence-corrected chi connectivity index (χ2v) is 6.73. The van der Waals surface area contributed by atoms with Crippen LogP contribution in [-0.2, 0) is 14.3 Å². The normalized spacial score (nSPS) is 24.9. The summed E-state index contributed by atoms with van der Waals surface area (Å²) in [6.07, 6.45) is 6.20. The molecule has 0 atom stereocenters. The van der Waals surface area contributed by atoms with Gasteiger partial charge in [-0.1, -0.05) is 12.8 Å². The van der Waals surface area contributed by atoms with E-state index in [0.29, 0.717) is 19.1 Å². The number of likely N-dealkylation sites (tertiary alicyclic amines) is 1. The first-order valence-electron chi connectivity index (χ1n) is 8.76. The number of urea groups is 1. The minimum absolute atomic E-state index is 0.0665. The van der Waals surface area contributed by atoms with Crippen LogP contribution in [0.2, 0.25) is 0 Å². The maximum atomic E-state index is 12.0. The summed E-state index contributed by atoms with van der Waals surface area (Å²) >= 11 is 0. The molecule has 2 heterocycles. The molecule has 3 amide bonds. The molecule has 0 spiro atoms. The lowest BCUT2D eigenvalue weighted by molar-refractivity contribution is -0.122. The third-order valence-corrected chi connectivity index (χ3v) is 4.98. The molecule has 2 N–H and O–H groups in total. The number of carbonyl (C=O) groups excluding carboxylic acids is 2. The van der Waals surface area contributed by atoms with E-state index in [1.54, 1.807) is 0 Å². The number of nitrogens with zero attached hydrogens (tertiary/aromatic N) is 1. The van der Waals surface area contributed by atoms with Crippen LogP contribution in [0, 0.1) is 5.92 Å². The minimum Gasteiger partial charge on any atom is -0.350 e. The summed E-state index contributed by atoms with van der Waals surface area (Å²) in [6, 6.07) is -0.130. The molecule has 0 aromatic heterocycles. The van der Waals surface area contributed by atoms with Crippen molar-refractivity contribution in [3.05, 3.63) is 0 Å². The van der Waals surface area contributed by atoms with Gasteiger partial charge < -0.3 is 14.8 Å². The van der Waals surface area contributed by atoms with Crippen molar-refractivity contribution in [3.8, 4) is 0 Å². The highest BCUT2D eigenvalue weighted by molar-refractivity contribution is 5.95. The van der Waals surface area contributed by atoms with E-state index in [4.69, 9.17) is 9.47 Å². The number of carbonyl (C=O) groups is 2. The zero-order chi connectivity index (χ0) is 16.1. The molecule has 3 rings (SSSR count). The van der Waals surface area contributed by atoms with E-state index in [2.05, 4.69) is 15.5 Å². The Morgan fingerprint density at radius 2 is 1.65 bits per heavy atom. The van der Waals surface area contributed by atoms with E-state index >= 15 is 0 Å². The van der Waals surface area contributed by atoms with Gasteiger partial charge in [-0.2, -0.15) is 0 Å². The monoisotopic (exact) mass is 325 g/mol. The van der Waals surface area contributed by atoms with Crippen molar-refractivity contribution in [2.24, 2.45) is 5.92 Å². The van der Waals surface area contributed by atoms with Gasteiger partial charge in [-0.15, -0.1) is 0 Å². The first-order chi connectivity index (χ1) is 11.2. The Morgan fingerprint density at radius 3 is 2.30 bits per heavy atom. The van der Waals surface area contributed by atoms with Crippen molar-refractivity contribution in [2.75, 3.05) is 32.8 Å². The van der Waals surface area contributed by atoms with Crippen LogP contribution in [0.4, 0.5) is 4.79 Å². The lowest BCUT2D eigenvalue weighted by Crippen LogP contribution is -2.48. The molecular formula is C16H27N3O4. The number of hydrogen-bond acceptors (Lipinski definition) is 5. The quantitative estimate of drug-likeness (QED) is 0.801.